The Labute approximate surface area is 159 Å². The van der Waals surface area contributed by atoms with Gasteiger partial charge in [0.1, 0.15) is 0 Å². The number of amides is 2. The van der Waals surface area contributed by atoms with Gasteiger partial charge in [0.15, 0.2) is 0 Å². The highest BCUT2D eigenvalue weighted by molar-refractivity contribution is 6.30. The summed E-state index contributed by atoms with van der Waals surface area (Å²) >= 11 is 5.91. The summed E-state index contributed by atoms with van der Waals surface area (Å²) in [4.78, 5) is 28.2. The van der Waals surface area contributed by atoms with Crippen molar-refractivity contribution in [1.29, 1.82) is 0 Å². The predicted molar refractivity (Wildman–Crippen MR) is 102 cm³/mol. The van der Waals surface area contributed by atoms with Crippen molar-refractivity contribution in [1.82, 2.24) is 15.1 Å². The molecule has 0 atom stereocenters. The van der Waals surface area contributed by atoms with Gasteiger partial charge in [-0.1, -0.05) is 17.7 Å². The fraction of sp³-hybridized carbons (Fsp3) is 0.556. The van der Waals surface area contributed by atoms with E-state index in [1.807, 2.05) is 12.1 Å². The molecule has 1 aliphatic rings. The van der Waals surface area contributed by atoms with Gasteiger partial charge in [0.25, 0.3) is 0 Å². The molecule has 2 N–H and O–H groups in total. The van der Waals surface area contributed by atoms with Gasteiger partial charge in [-0.05, 0) is 18.2 Å². The van der Waals surface area contributed by atoms with Crippen LogP contribution in [0.4, 0.5) is 5.69 Å². The summed E-state index contributed by atoms with van der Waals surface area (Å²) in [5.41, 5.74) is 0.715. The molecular weight excluding hydrogens is 356 g/mol. The number of methoxy groups -OCH3 is 1. The zero-order chi connectivity index (χ0) is 18.8. The first-order chi connectivity index (χ1) is 12.6. The van der Waals surface area contributed by atoms with Gasteiger partial charge in [-0.25, -0.2) is 0 Å². The number of benzene rings is 1. The summed E-state index contributed by atoms with van der Waals surface area (Å²) in [6.07, 6.45) is 0.435. The molecule has 0 saturated carbocycles. The first-order valence-corrected chi connectivity index (χ1v) is 9.20. The van der Waals surface area contributed by atoms with Gasteiger partial charge < -0.3 is 20.3 Å². The fourth-order valence-corrected chi connectivity index (χ4v) is 2.96. The number of nitrogens with zero attached hydrogens (tertiary/aromatic N) is 2. The monoisotopic (exact) mass is 382 g/mol. The smallest absolute Gasteiger partial charge is 0.234 e. The number of piperazine rings is 1. The van der Waals surface area contributed by atoms with E-state index >= 15 is 0 Å². The van der Waals surface area contributed by atoms with Crippen LogP contribution in [-0.4, -0.2) is 81.1 Å². The maximum absolute atomic E-state index is 12.0. The van der Waals surface area contributed by atoms with E-state index < -0.39 is 0 Å². The Kier molecular flexibility index (Phi) is 8.84. The lowest BCUT2D eigenvalue weighted by Gasteiger charge is -2.34. The standard InChI is InChI=1S/C18H27ClN4O3/c1-26-12-6-20-18(25)14-23-10-8-22(9-11-23)7-5-17(24)21-16-4-2-3-15(19)13-16/h2-4,13H,5-12,14H2,1H3,(H,20,25)(H,21,24). The van der Waals surface area contributed by atoms with Crippen LogP contribution in [0.1, 0.15) is 6.42 Å². The third-order valence-corrected chi connectivity index (χ3v) is 4.46. The molecule has 0 radical (unpaired) electrons. The Bertz CT molecular complexity index is 592. The molecule has 0 aromatic heterocycles. The minimum atomic E-state index is -0.0211. The maximum atomic E-state index is 12.0. The Morgan fingerprint density at radius 1 is 1.15 bits per heavy atom. The number of halogens is 1. The number of ether oxygens (including phenoxy) is 1. The second-order valence-electron chi connectivity index (χ2n) is 6.27. The quantitative estimate of drug-likeness (QED) is 0.624. The number of carbonyl (C=O) groups is 2. The largest absolute Gasteiger partial charge is 0.383 e. The Hall–Kier alpha value is -1.67. The Morgan fingerprint density at radius 3 is 2.58 bits per heavy atom. The van der Waals surface area contributed by atoms with Gasteiger partial charge in [-0.2, -0.15) is 0 Å². The summed E-state index contributed by atoms with van der Waals surface area (Å²) in [5, 5.41) is 6.29. The molecule has 2 amide bonds. The van der Waals surface area contributed by atoms with Gasteiger partial charge in [-0.3, -0.25) is 14.5 Å². The summed E-state index contributed by atoms with van der Waals surface area (Å²) in [6.45, 7) is 5.55. The van der Waals surface area contributed by atoms with Crippen molar-refractivity contribution in [2.75, 3.05) is 64.8 Å². The van der Waals surface area contributed by atoms with Gasteiger partial charge in [-0.15, -0.1) is 0 Å². The van der Waals surface area contributed by atoms with E-state index in [0.717, 1.165) is 26.2 Å². The first-order valence-electron chi connectivity index (χ1n) is 8.82. The Morgan fingerprint density at radius 2 is 1.88 bits per heavy atom. The van der Waals surface area contributed by atoms with E-state index in [-0.39, 0.29) is 11.8 Å². The SMILES string of the molecule is COCCNC(=O)CN1CCN(CCC(=O)Nc2cccc(Cl)c2)CC1. The average molecular weight is 383 g/mol. The molecule has 8 heteroatoms. The lowest BCUT2D eigenvalue weighted by molar-refractivity contribution is -0.122. The number of carbonyl (C=O) groups excluding carboxylic acids is 2. The minimum absolute atomic E-state index is 0.0211. The normalized spacial score (nSPS) is 15.6. The van der Waals surface area contributed by atoms with E-state index in [4.69, 9.17) is 16.3 Å². The van der Waals surface area contributed by atoms with Crippen molar-refractivity contribution in [3.63, 3.8) is 0 Å². The van der Waals surface area contributed by atoms with Gasteiger partial charge in [0.2, 0.25) is 11.8 Å². The van der Waals surface area contributed by atoms with E-state index in [9.17, 15) is 9.59 Å². The number of rotatable bonds is 9. The van der Waals surface area contributed by atoms with Crippen LogP contribution in [0.15, 0.2) is 24.3 Å². The van der Waals surface area contributed by atoms with Crippen LogP contribution in [0, 0.1) is 0 Å². The highest BCUT2D eigenvalue weighted by Crippen LogP contribution is 2.15. The number of hydrogen-bond acceptors (Lipinski definition) is 5. The van der Waals surface area contributed by atoms with Crippen molar-refractivity contribution >= 4 is 29.1 Å². The van der Waals surface area contributed by atoms with Gasteiger partial charge in [0.05, 0.1) is 13.2 Å². The predicted octanol–water partition coefficient (Wildman–Crippen LogP) is 1.05. The molecule has 1 aromatic carbocycles. The maximum Gasteiger partial charge on any atom is 0.234 e. The summed E-state index contributed by atoms with van der Waals surface area (Å²) < 4.78 is 4.91. The number of anilines is 1. The molecule has 1 saturated heterocycles. The van der Waals surface area contributed by atoms with E-state index in [1.165, 1.54) is 0 Å². The van der Waals surface area contributed by atoms with Crippen LogP contribution in [0.2, 0.25) is 5.02 Å². The lowest BCUT2D eigenvalue weighted by Crippen LogP contribution is -2.50. The molecule has 0 spiro atoms. The van der Waals surface area contributed by atoms with Crippen LogP contribution in [0.3, 0.4) is 0 Å². The van der Waals surface area contributed by atoms with Crippen LogP contribution >= 0.6 is 11.6 Å². The van der Waals surface area contributed by atoms with Crippen molar-refractivity contribution in [2.24, 2.45) is 0 Å². The van der Waals surface area contributed by atoms with E-state index in [2.05, 4.69) is 20.4 Å². The van der Waals surface area contributed by atoms with Crippen LogP contribution in [0.5, 0.6) is 0 Å². The minimum Gasteiger partial charge on any atom is -0.383 e. The van der Waals surface area contributed by atoms with Crippen LogP contribution in [0.25, 0.3) is 0 Å². The molecular formula is C18H27ClN4O3. The van der Waals surface area contributed by atoms with Crippen LogP contribution < -0.4 is 10.6 Å². The zero-order valence-electron chi connectivity index (χ0n) is 15.2. The van der Waals surface area contributed by atoms with Crippen LogP contribution in [-0.2, 0) is 14.3 Å². The summed E-state index contributed by atoms with van der Waals surface area (Å²) in [7, 11) is 1.61. The van der Waals surface area contributed by atoms with Crippen molar-refractivity contribution in [2.45, 2.75) is 6.42 Å². The second kappa shape index (κ2) is 11.1. The molecule has 1 aliphatic heterocycles. The molecule has 0 bridgehead atoms. The molecule has 1 fully saturated rings. The fourth-order valence-electron chi connectivity index (χ4n) is 2.77. The summed E-state index contributed by atoms with van der Waals surface area (Å²) in [6, 6.07) is 7.13. The van der Waals surface area contributed by atoms with Gasteiger partial charge in [0, 0.05) is 63.5 Å². The van der Waals surface area contributed by atoms with Crippen molar-refractivity contribution < 1.29 is 14.3 Å². The zero-order valence-corrected chi connectivity index (χ0v) is 15.9. The number of nitrogens with one attached hydrogen (secondary N) is 2. The molecule has 1 aromatic rings. The molecule has 0 aliphatic carbocycles. The first kappa shape index (κ1) is 20.6. The molecule has 144 valence electrons. The molecule has 26 heavy (non-hydrogen) atoms. The average Bonchev–Trinajstić information content (AvgIpc) is 2.61. The Balaban J connectivity index is 1.61. The second-order valence-corrected chi connectivity index (χ2v) is 6.71. The molecule has 7 nitrogen and oxygen atoms in total. The van der Waals surface area contributed by atoms with Gasteiger partial charge >= 0.3 is 0 Å². The highest BCUT2D eigenvalue weighted by atomic mass is 35.5. The third-order valence-electron chi connectivity index (χ3n) is 4.22. The molecule has 1 heterocycles. The topological polar surface area (TPSA) is 73.9 Å². The number of hydrogen-bond donors (Lipinski definition) is 2. The summed E-state index contributed by atoms with van der Waals surface area (Å²) in [5.74, 6) is 0.00335. The van der Waals surface area contributed by atoms with Crippen molar-refractivity contribution in [3.8, 4) is 0 Å². The molecule has 2 rings (SSSR count). The van der Waals surface area contributed by atoms with E-state index in [1.54, 1.807) is 19.2 Å². The molecule has 0 unspecified atom stereocenters. The lowest BCUT2D eigenvalue weighted by atomic mass is 10.2. The third kappa shape index (κ3) is 7.70. The highest BCUT2D eigenvalue weighted by Gasteiger charge is 2.19. The van der Waals surface area contributed by atoms with E-state index in [0.29, 0.717) is 43.4 Å². The van der Waals surface area contributed by atoms with Crippen molar-refractivity contribution in [3.05, 3.63) is 29.3 Å².